The molecule has 1 aromatic rings. The average Bonchev–Trinajstić information content (AvgIpc) is 2.13. The van der Waals surface area contributed by atoms with Crippen LogP contribution in [0.1, 0.15) is 19.8 Å². The quantitative estimate of drug-likeness (QED) is 0.785. The van der Waals surface area contributed by atoms with Crippen molar-refractivity contribution in [2.45, 2.75) is 19.8 Å². The lowest BCUT2D eigenvalue weighted by Gasteiger charge is -2.31. The number of halogens is 1. The molecule has 1 aromatic heterocycles. The molecule has 0 aliphatic heterocycles. The van der Waals surface area contributed by atoms with Gasteiger partial charge in [0.2, 0.25) is 5.91 Å². The molecule has 0 bridgehead atoms. The van der Waals surface area contributed by atoms with Crippen LogP contribution in [0.2, 0.25) is 5.15 Å². The van der Waals surface area contributed by atoms with Crippen molar-refractivity contribution in [3.05, 3.63) is 17.5 Å². The van der Waals surface area contributed by atoms with Crippen LogP contribution < -0.4 is 5.32 Å². The number of nitrogens with one attached hydrogen (secondary N) is 1. The molecule has 0 aromatic carbocycles. The fraction of sp³-hybridized carbons (Fsp3) is 0.500. The lowest BCUT2D eigenvalue weighted by atomic mass is 9.76. The Bertz CT molecular complexity index is 377. The summed E-state index contributed by atoms with van der Waals surface area (Å²) in [7, 11) is 0. The normalized spacial score (nSPS) is 24.4. The predicted octanol–water partition coefficient (Wildman–Crippen LogP) is 2.11. The van der Waals surface area contributed by atoms with Crippen LogP contribution >= 0.6 is 11.6 Å². The molecule has 0 spiro atoms. The molecular weight excluding hydrogens is 214 g/mol. The van der Waals surface area contributed by atoms with Crippen LogP contribution in [-0.2, 0) is 4.79 Å². The Morgan fingerprint density at radius 2 is 2.27 bits per heavy atom. The fourth-order valence-electron chi connectivity index (χ4n) is 1.75. The molecule has 0 saturated heterocycles. The fourth-order valence-corrected chi connectivity index (χ4v) is 1.89. The smallest absolute Gasteiger partial charge is 0.228 e. The molecular formula is C10H12ClN3O. The van der Waals surface area contributed by atoms with Crippen molar-refractivity contribution in [2.75, 3.05) is 5.32 Å². The van der Waals surface area contributed by atoms with Crippen molar-refractivity contribution in [3.63, 3.8) is 0 Å². The Labute approximate surface area is 93.1 Å². The van der Waals surface area contributed by atoms with Gasteiger partial charge in [0.15, 0.2) is 0 Å². The molecule has 0 radical (unpaired) electrons. The minimum atomic E-state index is 0.0304. The number of anilines is 1. The van der Waals surface area contributed by atoms with Gasteiger partial charge in [0.1, 0.15) is 17.3 Å². The van der Waals surface area contributed by atoms with Crippen molar-refractivity contribution >= 4 is 23.3 Å². The zero-order valence-electron chi connectivity index (χ0n) is 8.40. The molecule has 1 N–H and O–H groups in total. The van der Waals surface area contributed by atoms with Crippen molar-refractivity contribution in [1.29, 1.82) is 0 Å². The van der Waals surface area contributed by atoms with E-state index in [4.69, 9.17) is 11.6 Å². The molecule has 1 saturated carbocycles. The van der Waals surface area contributed by atoms with Crippen LogP contribution in [0.5, 0.6) is 0 Å². The summed E-state index contributed by atoms with van der Waals surface area (Å²) in [6, 6.07) is 1.54. The molecule has 5 heteroatoms. The van der Waals surface area contributed by atoms with E-state index in [-0.39, 0.29) is 11.8 Å². The number of rotatable bonds is 2. The van der Waals surface area contributed by atoms with Crippen LogP contribution in [-0.4, -0.2) is 15.9 Å². The highest BCUT2D eigenvalue weighted by molar-refractivity contribution is 6.29. The molecule has 4 nitrogen and oxygen atoms in total. The van der Waals surface area contributed by atoms with E-state index in [1.54, 1.807) is 6.07 Å². The summed E-state index contributed by atoms with van der Waals surface area (Å²) < 4.78 is 0. The van der Waals surface area contributed by atoms with Gasteiger partial charge in [-0.25, -0.2) is 9.97 Å². The summed E-state index contributed by atoms with van der Waals surface area (Å²) in [6.45, 7) is 2.14. The number of carbonyl (C=O) groups excluding carboxylic acids is 1. The van der Waals surface area contributed by atoms with Gasteiger partial charge in [0, 0.05) is 12.0 Å². The summed E-state index contributed by atoms with van der Waals surface area (Å²) in [4.78, 5) is 19.3. The highest BCUT2D eigenvalue weighted by atomic mass is 35.5. The van der Waals surface area contributed by atoms with Crippen LogP contribution in [0.3, 0.4) is 0 Å². The molecule has 1 fully saturated rings. The third-order valence-electron chi connectivity index (χ3n) is 2.63. The molecule has 0 atom stereocenters. The zero-order valence-corrected chi connectivity index (χ0v) is 9.16. The van der Waals surface area contributed by atoms with Gasteiger partial charge in [-0.2, -0.15) is 0 Å². The predicted molar refractivity (Wildman–Crippen MR) is 57.6 cm³/mol. The Morgan fingerprint density at radius 3 is 2.87 bits per heavy atom. The van der Waals surface area contributed by atoms with Gasteiger partial charge in [0.25, 0.3) is 0 Å². The van der Waals surface area contributed by atoms with Gasteiger partial charge in [-0.05, 0) is 18.8 Å². The first kappa shape index (κ1) is 10.4. The van der Waals surface area contributed by atoms with Gasteiger partial charge in [-0.3, -0.25) is 4.79 Å². The minimum Gasteiger partial charge on any atom is -0.310 e. The zero-order chi connectivity index (χ0) is 10.8. The second-order valence-electron chi connectivity index (χ2n) is 3.99. The maximum atomic E-state index is 11.6. The van der Waals surface area contributed by atoms with E-state index in [0.29, 0.717) is 16.9 Å². The van der Waals surface area contributed by atoms with E-state index in [9.17, 15) is 4.79 Å². The maximum absolute atomic E-state index is 11.6. The van der Waals surface area contributed by atoms with E-state index in [2.05, 4.69) is 22.2 Å². The summed E-state index contributed by atoms with van der Waals surface area (Å²) >= 11 is 5.68. The van der Waals surface area contributed by atoms with Gasteiger partial charge in [0.05, 0.1) is 0 Å². The monoisotopic (exact) mass is 225 g/mol. The topological polar surface area (TPSA) is 54.9 Å². The van der Waals surface area contributed by atoms with Crippen LogP contribution in [0, 0.1) is 11.8 Å². The van der Waals surface area contributed by atoms with Crippen LogP contribution in [0.15, 0.2) is 12.4 Å². The Balaban J connectivity index is 1.94. The van der Waals surface area contributed by atoms with Crippen molar-refractivity contribution in [3.8, 4) is 0 Å². The van der Waals surface area contributed by atoms with Crippen molar-refractivity contribution in [2.24, 2.45) is 11.8 Å². The van der Waals surface area contributed by atoms with E-state index in [1.165, 1.54) is 6.33 Å². The number of carbonyl (C=O) groups is 1. The van der Waals surface area contributed by atoms with E-state index in [0.717, 1.165) is 12.8 Å². The molecule has 1 aliphatic rings. The first-order valence-corrected chi connectivity index (χ1v) is 5.31. The number of amides is 1. The molecule has 1 amide bonds. The van der Waals surface area contributed by atoms with Crippen molar-refractivity contribution in [1.82, 2.24) is 9.97 Å². The third kappa shape index (κ3) is 2.45. The van der Waals surface area contributed by atoms with Gasteiger partial charge < -0.3 is 5.32 Å². The highest BCUT2D eigenvalue weighted by Gasteiger charge is 2.31. The van der Waals surface area contributed by atoms with E-state index < -0.39 is 0 Å². The molecule has 15 heavy (non-hydrogen) atoms. The SMILES string of the molecule is CC1CC(C(=O)Nc2cc(Cl)ncn2)C1. The second-order valence-corrected chi connectivity index (χ2v) is 4.38. The average molecular weight is 226 g/mol. The second kappa shape index (κ2) is 4.14. The third-order valence-corrected chi connectivity index (χ3v) is 2.84. The first-order chi connectivity index (χ1) is 7.15. The number of hydrogen-bond donors (Lipinski definition) is 1. The number of hydrogen-bond acceptors (Lipinski definition) is 3. The largest absolute Gasteiger partial charge is 0.310 e. The summed E-state index contributed by atoms with van der Waals surface area (Å²) in [6.07, 6.45) is 3.26. The first-order valence-electron chi connectivity index (χ1n) is 4.93. The standard InChI is InChI=1S/C10H12ClN3O/c1-6-2-7(3-6)10(15)14-9-4-8(11)12-5-13-9/h4-7H,2-3H2,1H3,(H,12,13,14,15). The molecule has 80 valence electrons. The van der Waals surface area contributed by atoms with Crippen LogP contribution in [0.25, 0.3) is 0 Å². The van der Waals surface area contributed by atoms with Crippen LogP contribution in [0.4, 0.5) is 5.82 Å². The van der Waals surface area contributed by atoms with Gasteiger partial charge >= 0.3 is 0 Å². The lowest BCUT2D eigenvalue weighted by Crippen LogP contribution is -2.33. The maximum Gasteiger partial charge on any atom is 0.228 e. The van der Waals surface area contributed by atoms with E-state index in [1.807, 2.05) is 0 Å². The Kier molecular flexibility index (Phi) is 2.86. The van der Waals surface area contributed by atoms with Gasteiger partial charge in [-0.15, -0.1) is 0 Å². The van der Waals surface area contributed by atoms with Gasteiger partial charge in [-0.1, -0.05) is 18.5 Å². The van der Waals surface area contributed by atoms with E-state index >= 15 is 0 Å². The summed E-state index contributed by atoms with van der Waals surface area (Å²) in [5, 5.41) is 3.07. The molecule has 2 rings (SSSR count). The summed E-state index contributed by atoms with van der Waals surface area (Å²) in [5.41, 5.74) is 0. The Morgan fingerprint density at radius 1 is 1.53 bits per heavy atom. The number of aromatic nitrogens is 2. The summed E-state index contributed by atoms with van der Waals surface area (Å²) in [5.74, 6) is 1.30. The molecule has 1 heterocycles. The molecule has 0 unspecified atom stereocenters. The Hall–Kier alpha value is -1.16. The highest BCUT2D eigenvalue weighted by Crippen LogP contribution is 2.33. The minimum absolute atomic E-state index is 0.0304. The number of nitrogens with zero attached hydrogens (tertiary/aromatic N) is 2. The molecule has 1 aliphatic carbocycles. The van der Waals surface area contributed by atoms with Crippen molar-refractivity contribution < 1.29 is 4.79 Å². The lowest BCUT2D eigenvalue weighted by molar-refractivity contribution is -0.123.